The van der Waals surface area contributed by atoms with Crippen LogP contribution in [0.3, 0.4) is 0 Å². The van der Waals surface area contributed by atoms with E-state index in [9.17, 15) is 4.79 Å². The molecule has 0 unspecified atom stereocenters. The maximum Gasteiger partial charge on any atom is 0.278 e. The predicted molar refractivity (Wildman–Crippen MR) is 149 cm³/mol. The second-order valence-electron chi connectivity index (χ2n) is 10.2. The van der Waals surface area contributed by atoms with Crippen LogP contribution in [0.1, 0.15) is 25.7 Å². The van der Waals surface area contributed by atoms with E-state index < -0.39 is 0 Å². The van der Waals surface area contributed by atoms with Crippen LogP contribution in [0, 0.1) is 5.41 Å². The Bertz CT molecular complexity index is 1440. The summed E-state index contributed by atoms with van der Waals surface area (Å²) >= 11 is 1.45. The summed E-state index contributed by atoms with van der Waals surface area (Å²) in [4.78, 5) is 31.4. The van der Waals surface area contributed by atoms with Gasteiger partial charge in [-0.3, -0.25) is 4.79 Å². The summed E-state index contributed by atoms with van der Waals surface area (Å²) in [6.45, 7) is 8.83. The van der Waals surface area contributed by atoms with E-state index in [0.29, 0.717) is 34.1 Å². The number of benzene rings is 1. The molecule has 0 radical (unpaired) electrons. The maximum absolute atomic E-state index is 13.0. The second kappa shape index (κ2) is 9.75. The van der Waals surface area contributed by atoms with Crippen molar-refractivity contribution in [1.82, 2.24) is 29.2 Å². The predicted octanol–water partition coefficient (Wildman–Crippen LogP) is 4.28. The van der Waals surface area contributed by atoms with E-state index in [2.05, 4.69) is 63.0 Å². The van der Waals surface area contributed by atoms with E-state index in [0.717, 1.165) is 18.8 Å². The van der Waals surface area contributed by atoms with E-state index in [4.69, 9.17) is 4.98 Å². The lowest BCUT2D eigenvalue weighted by atomic mass is 9.71. The third kappa shape index (κ3) is 4.55. The molecule has 192 valence electrons. The highest BCUT2D eigenvalue weighted by molar-refractivity contribution is 7.12. The summed E-state index contributed by atoms with van der Waals surface area (Å²) in [5.41, 5.74) is 3.06. The zero-order valence-corrected chi connectivity index (χ0v) is 22.0. The molecule has 1 N–H and O–H groups in total. The molecule has 1 aromatic carbocycles. The molecule has 6 rings (SSSR count). The van der Waals surface area contributed by atoms with Crippen molar-refractivity contribution in [2.24, 2.45) is 5.41 Å². The Morgan fingerprint density at radius 2 is 1.81 bits per heavy atom. The van der Waals surface area contributed by atoms with Crippen LogP contribution in [0.4, 0.5) is 17.3 Å². The minimum atomic E-state index is -0.162. The number of allylic oxidation sites excluding steroid dienone is 1. The average molecular weight is 517 g/mol. The largest absolute Gasteiger partial charge is 0.371 e. The van der Waals surface area contributed by atoms with Crippen molar-refractivity contribution in [3.05, 3.63) is 65.0 Å². The number of likely N-dealkylation sites (tertiary alicyclic amines) is 1. The molecule has 4 aromatic rings. The second-order valence-corrected chi connectivity index (χ2v) is 11.1. The van der Waals surface area contributed by atoms with Crippen LogP contribution in [0.15, 0.2) is 59.5 Å². The first-order valence-corrected chi connectivity index (χ1v) is 13.7. The molecule has 1 spiro atoms. The number of rotatable bonds is 6. The Morgan fingerprint density at radius 3 is 2.49 bits per heavy atom. The van der Waals surface area contributed by atoms with Crippen LogP contribution in [0.5, 0.6) is 0 Å². The van der Waals surface area contributed by atoms with Gasteiger partial charge in [0, 0.05) is 42.2 Å². The van der Waals surface area contributed by atoms with Crippen LogP contribution in [-0.4, -0.2) is 62.4 Å². The molecule has 2 saturated heterocycles. The van der Waals surface area contributed by atoms with E-state index in [1.807, 2.05) is 5.38 Å². The molecule has 0 bridgehead atoms. The van der Waals surface area contributed by atoms with Gasteiger partial charge in [-0.2, -0.15) is 4.98 Å². The van der Waals surface area contributed by atoms with Crippen LogP contribution in [-0.2, 0) is 6.54 Å². The smallest absolute Gasteiger partial charge is 0.278 e. The summed E-state index contributed by atoms with van der Waals surface area (Å²) in [6, 6.07) is 8.47. The zero-order chi connectivity index (χ0) is 25.4. The number of nitrogens with one attached hydrogen (secondary N) is 1. The van der Waals surface area contributed by atoms with Gasteiger partial charge in [0.15, 0.2) is 5.65 Å². The third-order valence-corrected chi connectivity index (χ3v) is 8.69. The summed E-state index contributed by atoms with van der Waals surface area (Å²) in [6.07, 6.45) is 10.2. The first-order valence-electron chi connectivity index (χ1n) is 12.9. The Kier molecular flexibility index (Phi) is 6.29. The SMILES string of the molecule is C=CCn1c(=O)c2cnc(Nc3ccc(N4CCC5(CCN(C)CC5)CC4)cc3)nc2n1-c1nccs1. The number of hydrogen-bond donors (Lipinski definition) is 1. The molecule has 5 heterocycles. The van der Waals surface area contributed by atoms with Crippen LogP contribution in [0.25, 0.3) is 16.2 Å². The van der Waals surface area contributed by atoms with Crippen LogP contribution >= 0.6 is 11.3 Å². The number of hydrogen-bond acceptors (Lipinski definition) is 8. The molecule has 9 nitrogen and oxygen atoms in total. The quantitative estimate of drug-likeness (QED) is 0.383. The summed E-state index contributed by atoms with van der Waals surface area (Å²) in [7, 11) is 2.24. The van der Waals surface area contributed by atoms with Gasteiger partial charge >= 0.3 is 0 Å². The van der Waals surface area contributed by atoms with Gasteiger partial charge in [-0.15, -0.1) is 17.9 Å². The molecule has 2 aliphatic heterocycles. The minimum absolute atomic E-state index is 0.162. The van der Waals surface area contributed by atoms with E-state index in [-0.39, 0.29) is 5.56 Å². The Morgan fingerprint density at radius 1 is 1.08 bits per heavy atom. The average Bonchev–Trinajstić information content (AvgIpc) is 3.54. The van der Waals surface area contributed by atoms with Gasteiger partial charge < -0.3 is 15.1 Å². The standard InChI is InChI=1S/C27H32N8OS/c1-3-13-34-24(36)22-19-29-25(31-23(22)35(34)26-28-12-18-37-26)30-20-4-6-21(7-5-20)33-16-10-27(11-17-33)8-14-32(2)15-9-27/h3-7,12,18-19H,1,8-11,13-17H2,2H3,(H,29,30,31). The van der Waals surface area contributed by atoms with Crippen molar-refractivity contribution in [1.29, 1.82) is 0 Å². The van der Waals surface area contributed by atoms with Crippen molar-refractivity contribution < 1.29 is 0 Å². The molecule has 0 amide bonds. The topological polar surface area (TPSA) is 84.1 Å². The molecule has 10 heteroatoms. The van der Waals surface area contributed by atoms with Crippen LogP contribution in [0.2, 0.25) is 0 Å². The fourth-order valence-electron chi connectivity index (χ4n) is 5.61. The molecule has 0 atom stereocenters. The van der Waals surface area contributed by atoms with Crippen molar-refractivity contribution in [3.8, 4) is 5.13 Å². The van der Waals surface area contributed by atoms with Gasteiger partial charge in [-0.25, -0.2) is 19.3 Å². The lowest BCUT2D eigenvalue weighted by Crippen LogP contribution is -2.46. The molecule has 2 fully saturated rings. The maximum atomic E-state index is 13.0. The fourth-order valence-corrected chi connectivity index (χ4v) is 6.26. The first kappa shape index (κ1) is 23.9. The third-order valence-electron chi connectivity index (χ3n) is 7.94. The highest BCUT2D eigenvalue weighted by Gasteiger charge is 2.36. The molecule has 0 aliphatic carbocycles. The number of thiazole rings is 1. The van der Waals surface area contributed by atoms with Gasteiger partial charge in [0.05, 0.1) is 6.54 Å². The van der Waals surface area contributed by atoms with Crippen molar-refractivity contribution in [3.63, 3.8) is 0 Å². The lowest BCUT2D eigenvalue weighted by molar-refractivity contribution is 0.0945. The van der Waals surface area contributed by atoms with Gasteiger partial charge in [0.1, 0.15) is 5.39 Å². The summed E-state index contributed by atoms with van der Waals surface area (Å²) < 4.78 is 3.32. The number of fused-ring (bicyclic) bond motifs is 1. The summed E-state index contributed by atoms with van der Waals surface area (Å²) in [5.74, 6) is 0.434. The Hall–Kier alpha value is -3.50. The molecule has 37 heavy (non-hydrogen) atoms. The van der Waals surface area contributed by atoms with Crippen molar-refractivity contribution in [2.45, 2.75) is 32.2 Å². The number of nitrogens with zero attached hydrogens (tertiary/aromatic N) is 7. The number of piperidine rings is 2. The van der Waals surface area contributed by atoms with Crippen molar-refractivity contribution in [2.75, 3.05) is 43.4 Å². The highest BCUT2D eigenvalue weighted by Crippen LogP contribution is 2.42. The van der Waals surface area contributed by atoms with E-state index >= 15 is 0 Å². The fraction of sp³-hybridized carbons (Fsp3) is 0.407. The minimum Gasteiger partial charge on any atom is -0.371 e. The normalized spacial score (nSPS) is 17.9. The Balaban J connectivity index is 1.19. The van der Waals surface area contributed by atoms with E-state index in [1.54, 1.807) is 27.8 Å². The van der Waals surface area contributed by atoms with Gasteiger partial charge in [-0.1, -0.05) is 6.08 Å². The van der Waals surface area contributed by atoms with Gasteiger partial charge in [-0.05, 0) is 75.5 Å². The van der Waals surface area contributed by atoms with Gasteiger partial charge in [0.2, 0.25) is 11.1 Å². The number of anilines is 3. The Labute approximate surface area is 220 Å². The zero-order valence-electron chi connectivity index (χ0n) is 21.1. The van der Waals surface area contributed by atoms with Crippen molar-refractivity contribution >= 4 is 39.7 Å². The molecular weight excluding hydrogens is 484 g/mol. The monoisotopic (exact) mass is 516 g/mol. The lowest BCUT2D eigenvalue weighted by Gasteiger charge is -2.46. The molecule has 3 aromatic heterocycles. The number of aromatic nitrogens is 5. The summed E-state index contributed by atoms with van der Waals surface area (Å²) in [5, 5.41) is 6.30. The molecule has 0 saturated carbocycles. The first-order chi connectivity index (χ1) is 18.0. The molecular formula is C27H32N8OS. The van der Waals surface area contributed by atoms with E-state index in [1.165, 1.54) is 55.8 Å². The van der Waals surface area contributed by atoms with Gasteiger partial charge in [0.25, 0.3) is 5.56 Å². The highest BCUT2D eigenvalue weighted by atomic mass is 32.1. The molecule has 2 aliphatic rings. The van der Waals surface area contributed by atoms with Crippen LogP contribution < -0.4 is 15.8 Å².